The van der Waals surface area contributed by atoms with E-state index < -0.39 is 0 Å². The second-order valence-corrected chi connectivity index (χ2v) is 5.44. The van der Waals surface area contributed by atoms with E-state index in [-0.39, 0.29) is 18.4 Å². The first-order chi connectivity index (χ1) is 10.7. The van der Waals surface area contributed by atoms with Crippen molar-refractivity contribution in [2.24, 2.45) is 11.5 Å². The van der Waals surface area contributed by atoms with Crippen molar-refractivity contribution in [3.05, 3.63) is 71.8 Å². The van der Waals surface area contributed by atoms with Crippen molar-refractivity contribution in [1.29, 1.82) is 0 Å². The van der Waals surface area contributed by atoms with Crippen LogP contribution in [0.5, 0.6) is 0 Å². The van der Waals surface area contributed by atoms with Gasteiger partial charge in [0.05, 0.1) is 0 Å². The Balaban J connectivity index is 2.17. The quantitative estimate of drug-likeness (QED) is 0.781. The molecule has 1 atom stereocenters. The molecule has 0 saturated carbocycles. The van der Waals surface area contributed by atoms with Crippen LogP contribution in [0.4, 0.5) is 0 Å². The molecular formula is C18H23N3O. The summed E-state index contributed by atoms with van der Waals surface area (Å²) in [6.45, 7) is 1.89. The molecule has 2 rings (SSSR count). The first-order valence-corrected chi connectivity index (χ1v) is 7.49. The summed E-state index contributed by atoms with van der Waals surface area (Å²) in [6, 6.07) is 20.3. The first kappa shape index (κ1) is 16.2. The zero-order valence-corrected chi connectivity index (χ0v) is 12.7. The Kier molecular flexibility index (Phi) is 6.13. The molecule has 4 heteroatoms. The second kappa shape index (κ2) is 8.32. The Morgan fingerprint density at radius 2 is 1.36 bits per heavy atom. The fourth-order valence-corrected chi connectivity index (χ4v) is 2.54. The third-order valence-corrected chi connectivity index (χ3v) is 3.68. The van der Waals surface area contributed by atoms with Crippen molar-refractivity contribution in [1.82, 2.24) is 4.90 Å². The number of hydrogen-bond acceptors (Lipinski definition) is 3. The molecule has 0 aromatic heterocycles. The van der Waals surface area contributed by atoms with E-state index in [1.54, 1.807) is 0 Å². The van der Waals surface area contributed by atoms with Crippen molar-refractivity contribution in [3.63, 3.8) is 0 Å². The molecule has 0 saturated heterocycles. The Hall–Kier alpha value is -2.17. The standard InChI is InChI=1S/C18H23N3O/c19-12-17(11-18(20)22)21(13-15-7-3-1-4-8-15)14-16-9-5-2-6-10-16/h1-10,17H,11-14,19H2,(H2,20,22). The van der Waals surface area contributed by atoms with Gasteiger partial charge in [-0.2, -0.15) is 0 Å². The van der Waals surface area contributed by atoms with Gasteiger partial charge in [-0.15, -0.1) is 0 Å². The highest BCUT2D eigenvalue weighted by atomic mass is 16.1. The van der Waals surface area contributed by atoms with Gasteiger partial charge < -0.3 is 11.5 Å². The minimum Gasteiger partial charge on any atom is -0.370 e. The molecule has 1 amide bonds. The van der Waals surface area contributed by atoms with E-state index in [4.69, 9.17) is 11.5 Å². The maximum Gasteiger partial charge on any atom is 0.219 e. The summed E-state index contributed by atoms with van der Waals surface area (Å²) in [5.41, 5.74) is 13.6. The average molecular weight is 297 g/mol. The molecular weight excluding hydrogens is 274 g/mol. The van der Waals surface area contributed by atoms with E-state index in [9.17, 15) is 4.79 Å². The van der Waals surface area contributed by atoms with Gasteiger partial charge in [-0.3, -0.25) is 9.69 Å². The van der Waals surface area contributed by atoms with Crippen LogP contribution in [0.1, 0.15) is 17.5 Å². The van der Waals surface area contributed by atoms with E-state index in [2.05, 4.69) is 29.2 Å². The summed E-state index contributed by atoms with van der Waals surface area (Å²) in [7, 11) is 0. The van der Waals surface area contributed by atoms with Crippen LogP contribution in [-0.4, -0.2) is 23.4 Å². The minimum atomic E-state index is -0.318. The maximum atomic E-state index is 11.3. The van der Waals surface area contributed by atoms with E-state index in [0.717, 1.165) is 13.1 Å². The lowest BCUT2D eigenvalue weighted by Crippen LogP contribution is -2.42. The van der Waals surface area contributed by atoms with Crippen LogP contribution < -0.4 is 11.5 Å². The predicted molar refractivity (Wildman–Crippen MR) is 88.8 cm³/mol. The maximum absolute atomic E-state index is 11.3. The van der Waals surface area contributed by atoms with Crippen LogP contribution in [0, 0.1) is 0 Å². The van der Waals surface area contributed by atoms with Gasteiger partial charge in [-0.25, -0.2) is 0 Å². The third kappa shape index (κ3) is 4.98. The van der Waals surface area contributed by atoms with Crippen molar-refractivity contribution in [2.45, 2.75) is 25.6 Å². The lowest BCUT2D eigenvalue weighted by atomic mass is 10.1. The van der Waals surface area contributed by atoms with Crippen LogP contribution in [0.15, 0.2) is 60.7 Å². The smallest absolute Gasteiger partial charge is 0.219 e. The molecule has 1 unspecified atom stereocenters. The van der Waals surface area contributed by atoms with Gasteiger partial charge in [0.1, 0.15) is 0 Å². The second-order valence-electron chi connectivity index (χ2n) is 5.44. The molecule has 22 heavy (non-hydrogen) atoms. The van der Waals surface area contributed by atoms with Gasteiger partial charge in [0, 0.05) is 32.1 Å². The number of benzene rings is 2. The van der Waals surface area contributed by atoms with Gasteiger partial charge >= 0.3 is 0 Å². The molecule has 2 aromatic carbocycles. The summed E-state index contributed by atoms with van der Waals surface area (Å²) in [5.74, 6) is -0.318. The van der Waals surface area contributed by atoms with Crippen LogP contribution in [0.25, 0.3) is 0 Å². The van der Waals surface area contributed by atoms with E-state index in [1.807, 2.05) is 36.4 Å². The Labute approximate surface area is 131 Å². The van der Waals surface area contributed by atoms with Crippen molar-refractivity contribution < 1.29 is 4.79 Å². The lowest BCUT2D eigenvalue weighted by Gasteiger charge is -2.30. The highest BCUT2D eigenvalue weighted by Crippen LogP contribution is 2.15. The van der Waals surface area contributed by atoms with Crippen molar-refractivity contribution >= 4 is 5.91 Å². The fourth-order valence-electron chi connectivity index (χ4n) is 2.54. The highest BCUT2D eigenvalue weighted by Gasteiger charge is 2.19. The third-order valence-electron chi connectivity index (χ3n) is 3.68. The van der Waals surface area contributed by atoms with Gasteiger partial charge in [0.25, 0.3) is 0 Å². The normalized spacial score (nSPS) is 12.3. The number of carbonyl (C=O) groups is 1. The van der Waals surface area contributed by atoms with Crippen LogP contribution in [0.3, 0.4) is 0 Å². The molecule has 4 N–H and O–H groups in total. The van der Waals surface area contributed by atoms with E-state index in [0.29, 0.717) is 6.54 Å². The molecule has 2 aromatic rings. The summed E-state index contributed by atoms with van der Waals surface area (Å²) in [4.78, 5) is 13.5. The summed E-state index contributed by atoms with van der Waals surface area (Å²) >= 11 is 0. The summed E-state index contributed by atoms with van der Waals surface area (Å²) in [5, 5.41) is 0. The zero-order valence-electron chi connectivity index (χ0n) is 12.7. The summed E-state index contributed by atoms with van der Waals surface area (Å²) in [6.07, 6.45) is 0.274. The monoisotopic (exact) mass is 297 g/mol. The van der Waals surface area contributed by atoms with Gasteiger partial charge in [-0.05, 0) is 11.1 Å². The lowest BCUT2D eigenvalue weighted by molar-refractivity contribution is -0.119. The molecule has 0 aliphatic carbocycles. The van der Waals surface area contributed by atoms with E-state index >= 15 is 0 Å². The van der Waals surface area contributed by atoms with E-state index in [1.165, 1.54) is 11.1 Å². The number of primary amides is 1. The van der Waals surface area contributed by atoms with Crippen LogP contribution >= 0.6 is 0 Å². The van der Waals surface area contributed by atoms with Crippen molar-refractivity contribution in [2.75, 3.05) is 6.54 Å². The van der Waals surface area contributed by atoms with Gasteiger partial charge in [-0.1, -0.05) is 60.7 Å². The molecule has 0 aliphatic rings. The Morgan fingerprint density at radius 3 is 1.73 bits per heavy atom. The van der Waals surface area contributed by atoms with Gasteiger partial charge in [0.2, 0.25) is 5.91 Å². The molecule has 0 fully saturated rings. The number of nitrogens with two attached hydrogens (primary N) is 2. The van der Waals surface area contributed by atoms with Crippen LogP contribution in [0.2, 0.25) is 0 Å². The highest BCUT2D eigenvalue weighted by molar-refractivity contribution is 5.74. The fraction of sp³-hybridized carbons (Fsp3) is 0.278. The molecule has 4 nitrogen and oxygen atoms in total. The number of amides is 1. The molecule has 0 spiro atoms. The molecule has 0 bridgehead atoms. The Bertz CT molecular complexity index is 530. The molecule has 0 aliphatic heterocycles. The zero-order chi connectivity index (χ0) is 15.8. The Morgan fingerprint density at radius 1 is 0.909 bits per heavy atom. The topological polar surface area (TPSA) is 72.3 Å². The predicted octanol–water partition coefficient (Wildman–Crippen LogP) is 1.89. The molecule has 0 heterocycles. The van der Waals surface area contributed by atoms with Crippen molar-refractivity contribution in [3.8, 4) is 0 Å². The number of carbonyl (C=O) groups excluding carboxylic acids is 1. The molecule has 0 radical (unpaired) electrons. The average Bonchev–Trinajstić information content (AvgIpc) is 2.54. The number of rotatable bonds is 8. The van der Waals surface area contributed by atoms with Gasteiger partial charge in [0.15, 0.2) is 0 Å². The largest absolute Gasteiger partial charge is 0.370 e. The minimum absolute atomic E-state index is 0.0575. The first-order valence-electron chi connectivity index (χ1n) is 7.49. The summed E-state index contributed by atoms with van der Waals surface area (Å²) < 4.78 is 0. The number of nitrogens with zero attached hydrogens (tertiary/aromatic N) is 1. The van der Waals surface area contributed by atoms with Crippen LogP contribution in [-0.2, 0) is 17.9 Å². The number of hydrogen-bond donors (Lipinski definition) is 2. The SMILES string of the molecule is NCC(CC(N)=O)N(Cc1ccccc1)Cc1ccccc1. The molecule has 116 valence electrons.